The Labute approximate surface area is 177 Å². The van der Waals surface area contributed by atoms with Gasteiger partial charge in [-0.15, -0.1) is 0 Å². The molecule has 1 aliphatic heterocycles. The Hall–Kier alpha value is -2.09. The lowest BCUT2D eigenvalue weighted by Crippen LogP contribution is -2.51. The molecule has 6 nitrogen and oxygen atoms in total. The van der Waals surface area contributed by atoms with Gasteiger partial charge in [0.2, 0.25) is 10.0 Å². The van der Waals surface area contributed by atoms with Gasteiger partial charge in [0, 0.05) is 31.2 Å². The van der Waals surface area contributed by atoms with Gasteiger partial charge in [-0.2, -0.15) is 4.31 Å². The van der Waals surface area contributed by atoms with E-state index in [4.69, 9.17) is 16.3 Å². The number of carbonyl (C=O) groups excluding carboxylic acids is 1. The highest BCUT2D eigenvalue weighted by atomic mass is 35.5. The zero-order valence-electron chi connectivity index (χ0n) is 16.8. The summed E-state index contributed by atoms with van der Waals surface area (Å²) in [5.74, 6) is 0.446. The van der Waals surface area contributed by atoms with Crippen LogP contribution in [0.5, 0.6) is 5.75 Å². The summed E-state index contributed by atoms with van der Waals surface area (Å²) >= 11 is 5.93. The standard InChI is InChI=1S/C21H25ClN2O4S/c1-15-4-6-19(13-16(15)2)29(26,27)24-10-8-23(9-11-24)21(25)14-28-20-7-5-18(22)12-17(20)3/h4-7,12-13H,8-11,14H2,1-3H3. The first-order valence-electron chi connectivity index (χ1n) is 9.42. The van der Waals surface area contributed by atoms with Crippen LogP contribution in [0.15, 0.2) is 41.3 Å². The number of piperazine rings is 1. The highest BCUT2D eigenvalue weighted by molar-refractivity contribution is 7.89. The van der Waals surface area contributed by atoms with E-state index in [1.54, 1.807) is 35.2 Å². The summed E-state index contributed by atoms with van der Waals surface area (Å²) in [4.78, 5) is 14.4. The van der Waals surface area contributed by atoms with E-state index in [1.807, 2.05) is 26.8 Å². The first-order chi connectivity index (χ1) is 13.7. The topological polar surface area (TPSA) is 66.9 Å². The molecule has 0 saturated carbocycles. The molecule has 0 atom stereocenters. The van der Waals surface area contributed by atoms with E-state index in [0.717, 1.165) is 16.7 Å². The van der Waals surface area contributed by atoms with Gasteiger partial charge in [-0.25, -0.2) is 8.42 Å². The molecule has 1 aliphatic rings. The van der Waals surface area contributed by atoms with Crippen molar-refractivity contribution in [1.29, 1.82) is 0 Å². The molecule has 1 amide bonds. The van der Waals surface area contributed by atoms with Crippen molar-refractivity contribution in [2.45, 2.75) is 25.7 Å². The zero-order valence-corrected chi connectivity index (χ0v) is 18.4. The van der Waals surface area contributed by atoms with Gasteiger partial charge >= 0.3 is 0 Å². The maximum Gasteiger partial charge on any atom is 0.260 e. The third kappa shape index (κ3) is 4.91. The first-order valence-corrected chi connectivity index (χ1v) is 11.2. The summed E-state index contributed by atoms with van der Waals surface area (Å²) in [5, 5.41) is 0.613. The highest BCUT2D eigenvalue weighted by Gasteiger charge is 2.30. The van der Waals surface area contributed by atoms with Crippen molar-refractivity contribution >= 4 is 27.5 Å². The molecule has 0 radical (unpaired) electrons. The number of sulfonamides is 1. The van der Waals surface area contributed by atoms with Crippen LogP contribution in [0.1, 0.15) is 16.7 Å². The van der Waals surface area contributed by atoms with Gasteiger partial charge in [-0.1, -0.05) is 17.7 Å². The molecule has 0 bridgehead atoms. The summed E-state index contributed by atoms with van der Waals surface area (Å²) in [6.07, 6.45) is 0. The second-order valence-corrected chi connectivity index (χ2v) is 9.60. The van der Waals surface area contributed by atoms with Gasteiger partial charge in [-0.3, -0.25) is 4.79 Å². The van der Waals surface area contributed by atoms with E-state index < -0.39 is 10.0 Å². The maximum absolute atomic E-state index is 12.9. The fraction of sp³-hybridized carbons (Fsp3) is 0.381. The van der Waals surface area contributed by atoms with Gasteiger partial charge in [-0.05, 0) is 67.8 Å². The van der Waals surface area contributed by atoms with Crippen LogP contribution in [0.25, 0.3) is 0 Å². The van der Waals surface area contributed by atoms with Crippen LogP contribution in [-0.4, -0.2) is 56.3 Å². The van der Waals surface area contributed by atoms with Crippen LogP contribution in [0.4, 0.5) is 0 Å². The molecule has 3 rings (SSSR count). The minimum absolute atomic E-state index is 0.0909. The molecule has 0 spiro atoms. The van der Waals surface area contributed by atoms with Crippen LogP contribution in [0, 0.1) is 20.8 Å². The molecule has 1 fully saturated rings. The largest absolute Gasteiger partial charge is 0.483 e. The number of nitrogens with zero attached hydrogens (tertiary/aromatic N) is 2. The van der Waals surface area contributed by atoms with Crippen molar-refractivity contribution in [2.24, 2.45) is 0 Å². The maximum atomic E-state index is 12.9. The fourth-order valence-electron chi connectivity index (χ4n) is 3.21. The van der Waals surface area contributed by atoms with E-state index in [2.05, 4.69) is 0 Å². The Bertz CT molecular complexity index is 1020. The molecule has 0 aromatic heterocycles. The van der Waals surface area contributed by atoms with Crippen molar-refractivity contribution in [1.82, 2.24) is 9.21 Å². The normalized spacial score (nSPS) is 15.4. The minimum atomic E-state index is -3.56. The molecule has 0 unspecified atom stereocenters. The highest BCUT2D eigenvalue weighted by Crippen LogP contribution is 2.23. The van der Waals surface area contributed by atoms with E-state index in [1.165, 1.54) is 4.31 Å². The number of hydrogen-bond donors (Lipinski definition) is 0. The van der Waals surface area contributed by atoms with Gasteiger partial charge in [0.1, 0.15) is 5.75 Å². The van der Waals surface area contributed by atoms with Gasteiger partial charge in [0.25, 0.3) is 5.91 Å². The molecule has 8 heteroatoms. The number of hydrogen-bond acceptors (Lipinski definition) is 4. The summed E-state index contributed by atoms with van der Waals surface area (Å²) < 4.78 is 32.8. The molecule has 156 valence electrons. The molecule has 0 N–H and O–H groups in total. The van der Waals surface area contributed by atoms with Gasteiger partial charge in [0.15, 0.2) is 6.61 Å². The smallest absolute Gasteiger partial charge is 0.260 e. The third-order valence-electron chi connectivity index (χ3n) is 5.20. The zero-order chi connectivity index (χ0) is 21.2. The molecular formula is C21H25ClN2O4S. The predicted octanol–water partition coefficient (Wildman–Crippen LogP) is 3.18. The lowest BCUT2D eigenvalue weighted by Gasteiger charge is -2.34. The van der Waals surface area contributed by atoms with Crippen LogP contribution >= 0.6 is 11.6 Å². The molecular weight excluding hydrogens is 412 g/mol. The number of amides is 1. The Morgan fingerprint density at radius 3 is 2.28 bits per heavy atom. The van der Waals surface area contributed by atoms with Crippen molar-refractivity contribution in [3.8, 4) is 5.75 Å². The lowest BCUT2D eigenvalue weighted by atomic mass is 10.1. The molecule has 2 aromatic carbocycles. The monoisotopic (exact) mass is 436 g/mol. The van der Waals surface area contributed by atoms with Crippen LogP contribution in [0.3, 0.4) is 0 Å². The quantitative estimate of drug-likeness (QED) is 0.722. The predicted molar refractivity (Wildman–Crippen MR) is 113 cm³/mol. The summed E-state index contributed by atoms with van der Waals surface area (Å²) in [6, 6.07) is 10.4. The Balaban J connectivity index is 1.58. The second-order valence-electron chi connectivity index (χ2n) is 7.23. The number of rotatable bonds is 5. The first kappa shape index (κ1) is 21.6. The van der Waals surface area contributed by atoms with Gasteiger partial charge in [0.05, 0.1) is 4.90 Å². The van der Waals surface area contributed by atoms with Crippen LogP contribution < -0.4 is 4.74 Å². The molecule has 0 aliphatic carbocycles. The third-order valence-corrected chi connectivity index (χ3v) is 7.33. The number of ether oxygens (including phenoxy) is 1. The van der Waals surface area contributed by atoms with E-state index >= 15 is 0 Å². The average Bonchev–Trinajstić information content (AvgIpc) is 2.69. The summed E-state index contributed by atoms with van der Waals surface area (Å²) in [5.41, 5.74) is 2.85. The average molecular weight is 437 g/mol. The SMILES string of the molecule is Cc1ccc(S(=O)(=O)N2CCN(C(=O)COc3ccc(Cl)cc3C)CC2)cc1C. The number of aryl methyl sites for hydroxylation is 3. The van der Waals surface area contributed by atoms with E-state index in [0.29, 0.717) is 28.8 Å². The number of benzene rings is 2. The van der Waals surface area contributed by atoms with E-state index in [9.17, 15) is 13.2 Å². The van der Waals surface area contributed by atoms with E-state index in [-0.39, 0.29) is 25.6 Å². The lowest BCUT2D eigenvalue weighted by molar-refractivity contribution is -0.134. The molecule has 29 heavy (non-hydrogen) atoms. The molecule has 1 saturated heterocycles. The van der Waals surface area contributed by atoms with Crippen LogP contribution in [-0.2, 0) is 14.8 Å². The summed E-state index contributed by atoms with van der Waals surface area (Å²) in [6.45, 7) is 6.82. The van der Waals surface area contributed by atoms with Crippen molar-refractivity contribution in [3.63, 3.8) is 0 Å². The van der Waals surface area contributed by atoms with Crippen LogP contribution in [0.2, 0.25) is 5.02 Å². The second kappa shape index (κ2) is 8.73. The Morgan fingerprint density at radius 2 is 1.66 bits per heavy atom. The number of halogens is 1. The number of carbonyl (C=O) groups is 1. The van der Waals surface area contributed by atoms with Gasteiger partial charge < -0.3 is 9.64 Å². The Kier molecular flexibility index (Phi) is 6.51. The molecule has 1 heterocycles. The fourth-order valence-corrected chi connectivity index (χ4v) is 4.94. The van der Waals surface area contributed by atoms with Crippen molar-refractivity contribution in [3.05, 3.63) is 58.1 Å². The van der Waals surface area contributed by atoms with Crippen molar-refractivity contribution < 1.29 is 17.9 Å². The summed E-state index contributed by atoms with van der Waals surface area (Å²) in [7, 11) is -3.56. The Morgan fingerprint density at radius 1 is 0.966 bits per heavy atom. The van der Waals surface area contributed by atoms with Crippen molar-refractivity contribution in [2.75, 3.05) is 32.8 Å². The molecule has 2 aromatic rings. The minimum Gasteiger partial charge on any atom is -0.483 e.